The highest BCUT2D eigenvalue weighted by molar-refractivity contribution is 7.91. The molecule has 0 saturated carbocycles. The van der Waals surface area contributed by atoms with Crippen LogP contribution in [0.25, 0.3) is 0 Å². The highest BCUT2D eigenvalue weighted by Gasteiger charge is 2.36. The molecular weight excluding hydrogens is 459 g/mol. The van der Waals surface area contributed by atoms with Gasteiger partial charge in [-0.25, -0.2) is 21.6 Å². The van der Waals surface area contributed by atoms with Crippen molar-refractivity contribution < 1.29 is 45.0 Å². The number of rotatable bonds is 9. The number of aliphatic hydroxyl groups excluding tert-OH is 1. The van der Waals surface area contributed by atoms with E-state index in [-0.39, 0.29) is 17.2 Å². The number of aliphatic hydroxyl groups is 1. The molecule has 2 aromatic carbocycles. The Labute approximate surface area is 173 Å². The number of halogens is 6. The number of ketones is 1. The number of Topliss-reactive ketones (excluding diaryl/α,β-unsaturated/α-hetero) is 1. The summed E-state index contributed by atoms with van der Waals surface area (Å²) >= 11 is 5.67. The molecule has 0 saturated heterocycles. The van der Waals surface area contributed by atoms with Crippen molar-refractivity contribution in [3.05, 3.63) is 52.3 Å². The molecule has 0 heterocycles. The molecule has 5 nitrogen and oxygen atoms in total. The molecule has 0 bridgehead atoms. The summed E-state index contributed by atoms with van der Waals surface area (Å²) in [4.78, 5) is 11.2. The number of hydrogen-bond donors (Lipinski definition) is 1. The van der Waals surface area contributed by atoms with Crippen LogP contribution in [-0.4, -0.2) is 31.7 Å². The van der Waals surface area contributed by atoms with Crippen molar-refractivity contribution in [2.45, 2.75) is 29.9 Å². The van der Waals surface area contributed by atoms with E-state index in [0.717, 1.165) is 18.2 Å². The van der Waals surface area contributed by atoms with E-state index in [2.05, 4.69) is 0 Å². The van der Waals surface area contributed by atoms with E-state index in [4.69, 9.17) is 21.4 Å². The van der Waals surface area contributed by atoms with Crippen LogP contribution in [0, 0.1) is 5.82 Å². The van der Waals surface area contributed by atoms with Crippen LogP contribution in [0.4, 0.5) is 22.0 Å². The van der Waals surface area contributed by atoms with Gasteiger partial charge in [0, 0.05) is 29.7 Å². The van der Waals surface area contributed by atoms with Gasteiger partial charge in [-0.1, -0.05) is 11.6 Å². The lowest BCUT2D eigenvalue weighted by Crippen LogP contribution is -2.18. The van der Waals surface area contributed by atoms with Gasteiger partial charge < -0.3 is 9.84 Å². The van der Waals surface area contributed by atoms with Crippen LogP contribution >= 0.6 is 11.6 Å². The molecule has 2 rings (SSSR count). The molecule has 0 aromatic heterocycles. The van der Waals surface area contributed by atoms with Crippen molar-refractivity contribution in [1.82, 2.24) is 0 Å². The zero-order valence-corrected chi connectivity index (χ0v) is 16.5. The summed E-state index contributed by atoms with van der Waals surface area (Å²) in [5.74, 6) is -7.14. The van der Waals surface area contributed by atoms with E-state index in [1.807, 2.05) is 0 Å². The Morgan fingerprint density at radius 2 is 1.80 bits per heavy atom. The smallest absolute Gasteiger partial charge is 0.341 e. The summed E-state index contributed by atoms with van der Waals surface area (Å²) in [5, 5.41) is 8.71. The molecule has 0 aliphatic rings. The Bertz CT molecular complexity index is 1020. The number of sulfone groups is 1. The largest absolute Gasteiger partial charge is 0.457 e. The molecule has 0 radical (unpaired) electrons. The second-order valence-corrected chi connectivity index (χ2v) is 8.24. The van der Waals surface area contributed by atoms with Crippen LogP contribution in [0.15, 0.2) is 35.2 Å². The maximum atomic E-state index is 13.8. The molecule has 12 heteroatoms. The van der Waals surface area contributed by atoms with Crippen molar-refractivity contribution in [2.24, 2.45) is 0 Å². The first kappa shape index (κ1) is 24.0. The molecule has 0 atom stereocenters. The van der Waals surface area contributed by atoms with Crippen LogP contribution in [0.3, 0.4) is 0 Å². The molecular formula is C18H14ClF5O5S. The van der Waals surface area contributed by atoms with Crippen molar-refractivity contribution in [3.63, 3.8) is 0 Å². The quantitative estimate of drug-likeness (QED) is 0.403. The third-order valence-electron chi connectivity index (χ3n) is 3.83. The van der Waals surface area contributed by atoms with Crippen LogP contribution in [0.2, 0.25) is 5.02 Å². The monoisotopic (exact) mass is 472 g/mol. The standard InChI is InChI=1S/C18H14ClF5O5S/c19-9-6-10(20)8-11(7-9)29-13-3-4-14(30(27,28)18(23)24)15(16(13)17(21)22)12(26)2-1-5-25/h3-4,6-8,17-18,25H,1-2,5H2. The van der Waals surface area contributed by atoms with Gasteiger partial charge in [-0.2, -0.15) is 8.78 Å². The maximum Gasteiger partial charge on any atom is 0.341 e. The fourth-order valence-corrected chi connectivity index (χ4v) is 3.76. The highest BCUT2D eigenvalue weighted by Crippen LogP contribution is 2.40. The average molecular weight is 473 g/mol. The number of benzene rings is 2. The van der Waals surface area contributed by atoms with Gasteiger partial charge in [-0.15, -0.1) is 0 Å². The molecule has 0 spiro atoms. The van der Waals surface area contributed by atoms with E-state index < -0.39 is 68.4 Å². The lowest BCUT2D eigenvalue weighted by atomic mass is 9.99. The first-order chi connectivity index (χ1) is 14.0. The van der Waals surface area contributed by atoms with E-state index in [9.17, 15) is 35.2 Å². The predicted octanol–water partition coefficient (Wildman–Crippen LogP) is 5.16. The Morgan fingerprint density at radius 1 is 1.13 bits per heavy atom. The van der Waals surface area contributed by atoms with Gasteiger partial charge in [0.25, 0.3) is 6.43 Å². The Hall–Kier alpha value is -2.24. The van der Waals surface area contributed by atoms with Crippen LogP contribution in [-0.2, 0) is 9.84 Å². The minimum atomic E-state index is -5.42. The topological polar surface area (TPSA) is 80.7 Å². The van der Waals surface area contributed by atoms with Gasteiger partial charge >= 0.3 is 5.76 Å². The van der Waals surface area contributed by atoms with Crippen LogP contribution < -0.4 is 4.74 Å². The number of hydrogen-bond acceptors (Lipinski definition) is 5. The molecule has 0 amide bonds. The molecule has 0 unspecified atom stereocenters. The lowest BCUT2D eigenvalue weighted by molar-refractivity contribution is 0.0951. The Morgan fingerprint density at radius 3 is 2.33 bits per heavy atom. The molecule has 1 N–H and O–H groups in total. The lowest BCUT2D eigenvalue weighted by Gasteiger charge is -2.18. The minimum absolute atomic E-state index is 0.139. The van der Waals surface area contributed by atoms with Crippen molar-refractivity contribution in [3.8, 4) is 11.5 Å². The third kappa shape index (κ3) is 5.27. The van der Waals surface area contributed by atoms with E-state index in [1.165, 1.54) is 0 Å². The summed E-state index contributed by atoms with van der Waals surface area (Å²) in [5.41, 5.74) is -2.42. The second kappa shape index (κ2) is 9.71. The number of alkyl halides is 4. The predicted molar refractivity (Wildman–Crippen MR) is 96.7 cm³/mol. The summed E-state index contributed by atoms with van der Waals surface area (Å²) in [6.07, 6.45) is -4.32. The van der Waals surface area contributed by atoms with Gasteiger partial charge in [-0.3, -0.25) is 4.79 Å². The third-order valence-corrected chi connectivity index (χ3v) is 5.47. The SMILES string of the molecule is O=C(CCCO)c1c(S(=O)(=O)C(F)F)ccc(Oc2cc(F)cc(Cl)c2)c1C(F)F. The van der Waals surface area contributed by atoms with Crippen LogP contribution in [0.1, 0.15) is 35.2 Å². The summed E-state index contributed by atoms with van der Waals surface area (Å²) < 4.78 is 96.4. The normalized spacial score (nSPS) is 11.9. The molecule has 2 aromatic rings. The molecule has 30 heavy (non-hydrogen) atoms. The van der Waals surface area contributed by atoms with Crippen molar-refractivity contribution >= 4 is 27.2 Å². The Kier molecular flexibility index (Phi) is 7.78. The zero-order chi connectivity index (χ0) is 22.6. The zero-order valence-electron chi connectivity index (χ0n) is 14.9. The first-order valence-corrected chi connectivity index (χ1v) is 10.2. The molecule has 164 valence electrons. The van der Waals surface area contributed by atoms with E-state index in [0.29, 0.717) is 12.1 Å². The van der Waals surface area contributed by atoms with Gasteiger partial charge in [0.2, 0.25) is 9.84 Å². The second-order valence-electron chi connectivity index (χ2n) is 5.91. The summed E-state index contributed by atoms with van der Waals surface area (Å²) in [6.45, 7) is -0.523. The Balaban J connectivity index is 2.74. The molecule has 0 fully saturated rings. The maximum absolute atomic E-state index is 13.8. The fraction of sp³-hybridized carbons (Fsp3) is 0.278. The molecule has 0 aliphatic carbocycles. The van der Waals surface area contributed by atoms with Gasteiger partial charge in [-0.05, 0) is 30.7 Å². The van der Waals surface area contributed by atoms with Gasteiger partial charge in [0.1, 0.15) is 17.3 Å². The van der Waals surface area contributed by atoms with Gasteiger partial charge in [0.15, 0.2) is 5.78 Å². The number of carbonyl (C=O) groups is 1. The fourth-order valence-electron chi connectivity index (χ4n) is 2.59. The summed E-state index contributed by atoms with van der Waals surface area (Å²) in [7, 11) is -5.42. The first-order valence-electron chi connectivity index (χ1n) is 8.24. The van der Waals surface area contributed by atoms with E-state index >= 15 is 0 Å². The summed E-state index contributed by atoms with van der Waals surface area (Å²) in [6, 6.07) is 3.97. The van der Waals surface area contributed by atoms with Crippen LogP contribution in [0.5, 0.6) is 11.5 Å². The number of carbonyl (C=O) groups excluding carboxylic acids is 1. The minimum Gasteiger partial charge on any atom is -0.457 e. The molecule has 0 aliphatic heterocycles. The van der Waals surface area contributed by atoms with Crippen molar-refractivity contribution in [2.75, 3.05) is 6.61 Å². The number of ether oxygens (including phenoxy) is 1. The average Bonchev–Trinajstić information content (AvgIpc) is 2.64. The van der Waals surface area contributed by atoms with Crippen molar-refractivity contribution in [1.29, 1.82) is 0 Å². The highest BCUT2D eigenvalue weighted by atomic mass is 35.5. The van der Waals surface area contributed by atoms with Gasteiger partial charge in [0.05, 0.1) is 10.5 Å². The van der Waals surface area contributed by atoms with E-state index in [1.54, 1.807) is 0 Å².